The molecule has 1 fully saturated rings. The van der Waals surface area contributed by atoms with Crippen molar-refractivity contribution in [2.24, 2.45) is 0 Å². The average Bonchev–Trinajstić information content (AvgIpc) is 2.91. The van der Waals surface area contributed by atoms with E-state index in [0.29, 0.717) is 19.0 Å². The summed E-state index contributed by atoms with van der Waals surface area (Å²) in [6, 6.07) is 7.53. The molecular weight excluding hydrogens is 306 g/mol. The number of carbonyl (C=O) groups excluding carboxylic acids is 1. The highest BCUT2D eigenvalue weighted by molar-refractivity contribution is 5.76. The van der Waals surface area contributed by atoms with Crippen molar-refractivity contribution in [1.29, 1.82) is 0 Å². The van der Waals surface area contributed by atoms with Crippen molar-refractivity contribution in [3.8, 4) is 0 Å². The molecule has 0 spiro atoms. The Hall–Kier alpha value is -2.41. The topological polar surface area (TPSA) is 86.3 Å². The second kappa shape index (κ2) is 7.44. The molecule has 2 aromatic heterocycles. The van der Waals surface area contributed by atoms with Crippen molar-refractivity contribution in [2.75, 3.05) is 18.8 Å². The molecule has 0 aromatic carbocycles. The van der Waals surface area contributed by atoms with Crippen LogP contribution in [0.25, 0.3) is 0 Å². The molecule has 0 bridgehead atoms. The van der Waals surface area contributed by atoms with Gasteiger partial charge in [0.1, 0.15) is 12.4 Å². The Morgan fingerprint density at radius 1 is 1.46 bits per heavy atom. The van der Waals surface area contributed by atoms with Gasteiger partial charge in [0.2, 0.25) is 5.91 Å². The van der Waals surface area contributed by atoms with Crippen molar-refractivity contribution >= 4 is 11.7 Å². The molecule has 24 heavy (non-hydrogen) atoms. The Kier molecular flexibility index (Phi) is 5.10. The number of amides is 1. The maximum Gasteiger partial charge on any atom is 0.244 e. The third-order valence-corrected chi connectivity index (χ3v) is 4.14. The lowest BCUT2D eigenvalue weighted by molar-refractivity contribution is -0.136. The van der Waals surface area contributed by atoms with E-state index in [-0.39, 0.29) is 18.6 Å². The van der Waals surface area contributed by atoms with Crippen LogP contribution >= 0.6 is 0 Å². The van der Waals surface area contributed by atoms with Gasteiger partial charge in [0.05, 0.1) is 24.1 Å². The minimum atomic E-state index is 0.0240. The number of ether oxygens (including phenoxy) is 1. The fourth-order valence-electron chi connectivity index (χ4n) is 2.91. The summed E-state index contributed by atoms with van der Waals surface area (Å²) >= 11 is 0. The van der Waals surface area contributed by atoms with Gasteiger partial charge in [-0.25, -0.2) is 4.68 Å². The van der Waals surface area contributed by atoms with E-state index in [1.807, 2.05) is 30.0 Å². The van der Waals surface area contributed by atoms with Crippen LogP contribution in [0.1, 0.15) is 24.2 Å². The van der Waals surface area contributed by atoms with E-state index < -0.39 is 0 Å². The van der Waals surface area contributed by atoms with Gasteiger partial charge in [0, 0.05) is 25.4 Å². The van der Waals surface area contributed by atoms with Crippen LogP contribution in [0, 0.1) is 6.92 Å². The van der Waals surface area contributed by atoms with E-state index in [4.69, 9.17) is 10.5 Å². The van der Waals surface area contributed by atoms with Crippen LogP contribution < -0.4 is 5.73 Å². The van der Waals surface area contributed by atoms with E-state index in [0.717, 1.165) is 30.8 Å². The number of piperidine rings is 1. The lowest BCUT2D eigenvalue weighted by Gasteiger charge is -2.32. The summed E-state index contributed by atoms with van der Waals surface area (Å²) in [7, 11) is 0. The Morgan fingerprint density at radius 3 is 3.04 bits per heavy atom. The first-order chi connectivity index (χ1) is 11.6. The van der Waals surface area contributed by atoms with Crippen molar-refractivity contribution in [1.82, 2.24) is 19.7 Å². The molecule has 1 aliphatic rings. The number of hydrogen-bond acceptors (Lipinski definition) is 5. The van der Waals surface area contributed by atoms with Gasteiger partial charge in [-0.3, -0.25) is 9.78 Å². The van der Waals surface area contributed by atoms with Gasteiger partial charge < -0.3 is 15.4 Å². The molecule has 2 N–H and O–H groups in total. The standard InChI is InChI=1S/C17H23N5O2/c1-13-9-16(18)22(20-13)11-17(23)21-8-4-6-15(10-21)24-12-14-5-2-3-7-19-14/h2-3,5,7,9,15H,4,6,8,10-12,18H2,1H3. The van der Waals surface area contributed by atoms with Crippen molar-refractivity contribution in [3.05, 3.63) is 41.9 Å². The van der Waals surface area contributed by atoms with E-state index in [9.17, 15) is 4.79 Å². The number of carbonyl (C=O) groups is 1. The Morgan fingerprint density at radius 2 is 2.33 bits per heavy atom. The fraction of sp³-hybridized carbons (Fsp3) is 0.471. The quantitative estimate of drug-likeness (QED) is 0.895. The number of likely N-dealkylation sites (tertiary alicyclic amines) is 1. The van der Waals surface area contributed by atoms with E-state index in [1.165, 1.54) is 0 Å². The normalized spacial score (nSPS) is 17.9. The van der Waals surface area contributed by atoms with Crippen molar-refractivity contribution < 1.29 is 9.53 Å². The summed E-state index contributed by atoms with van der Waals surface area (Å²) in [5.74, 6) is 0.539. The number of nitrogens with zero attached hydrogens (tertiary/aromatic N) is 4. The predicted molar refractivity (Wildman–Crippen MR) is 90.0 cm³/mol. The summed E-state index contributed by atoms with van der Waals surface area (Å²) in [4.78, 5) is 18.6. The number of aromatic nitrogens is 3. The van der Waals surface area contributed by atoms with Gasteiger partial charge in [-0.1, -0.05) is 6.07 Å². The Bertz CT molecular complexity index is 686. The van der Waals surface area contributed by atoms with Crippen LogP contribution in [-0.2, 0) is 22.7 Å². The summed E-state index contributed by atoms with van der Waals surface area (Å²) in [5, 5.41) is 4.24. The van der Waals surface area contributed by atoms with Crippen molar-refractivity contribution in [2.45, 2.75) is 39.0 Å². The lowest BCUT2D eigenvalue weighted by atomic mass is 10.1. The highest BCUT2D eigenvalue weighted by Gasteiger charge is 2.24. The molecule has 3 heterocycles. The molecule has 0 aliphatic carbocycles. The van der Waals surface area contributed by atoms with E-state index >= 15 is 0 Å². The fourth-order valence-corrected chi connectivity index (χ4v) is 2.91. The van der Waals surface area contributed by atoms with Crippen LogP contribution in [0.15, 0.2) is 30.5 Å². The van der Waals surface area contributed by atoms with Crippen LogP contribution in [-0.4, -0.2) is 44.8 Å². The van der Waals surface area contributed by atoms with E-state index in [2.05, 4.69) is 10.1 Å². The molecule has 128 valence electrons. The molecule has 1 unspecified atom stereocenters. The predicted octanol–water partition coefficient (Wildman–Crippen LogP) is 1.38. The van der Waals surface area contributed by atoms with Crippen LogP contribution in [0.5, 0.6) is 0 Å². The largest absolute Gasteiger partial charge is 0.384 e. The average molecular weight is 329 g/mol. The highest BCUT2D eigenvalue weighted by atomic mass is 16.5. The minimum absolute atomic E-state index is 0.0240. The SMILES string of the molecule is Cc1cc(N)n(CC(=O)N2CCCC(OCc3ccccn3)C2)n1. The molecule has 7 heteroatoms. The maximum absolute atomic E-state index is 12.5. The van der Waals surface area contributed by atoms with Gasteiger partial charge in [0.25, 0.3) is 0 Å². The molecule has 1 amide bonds. The zero-order chi connectivity index (χ0) is 16.9. The smallest absolute Gasteiger partial charge is 0.244 e. The third kappa shape index (κ3) is 4.11. The third-order valence-electron chi connectivity index (χ3n) is 4.14. The first kappa shape index (κ1) is 16.4. The van der Waals surface area contributed by atoms with Crippen LogP contribution in [0.2, 0.25) is 0 Å². The van der Waals surface area contributed by atoms with Gasteiger partial charge in [-0.15, -0.1) is 0 Å². The number of aryl methyl sites for hydroxylation is 1. The lowest BCUT2D eigenvalue weighted by Crippen LogP contribution is -2.44. The van der Waals surface area contributed by atoms with Crippen molar-refractivity contribution in [3.63, 3.8) is 0 Å². The summed E-state index contributed by atoms with van der Waals surface area (Å²) in [6.07, 6.45) is 3.69. The summed E-state index contributed by atoms with van der Waals surface area (Å²) < 4.78 is 7.48. The summed E-state index contributed by atoms with van der Waals surface area (Å²) in [6.45, 7) is 3.86. The second-order valence-electron chi connectivity index (χ2n) is 6.10. The van der Waals surface area contributed by atoms with Crippen LogP contribution in [0.3, 0.4) is 0 Å². The Labute approximate surface area is 141 Å². The van der Waals surface area contributed by atoms with Gasteiger partial charge in [0.15, 0.2) is 0 Å². The van der Waals surface area contributed by atoms with Gasteiger partial charge in [-0.05, 0) is 31.9 Å². The molecule has 7 nitrogen and oxygen atoms in total. The number of nitrogens with two attached hydrogens (primary N) is 1. The zero-order valence-electron chi connectivity index (χ0n) is 13.9. The monoisotopic (exact) mass is 329 g/mol. The van der Waals surface area contributed by atoms with Gasteiger partial charge >= 0.3 is 0 Å². The van der Waals surface area contributed by atoms with Crippen LogP contribution in [0.4, 0.5) is 5.82 Å². The number of rotatable bonds is 5. The molecule has 1 aliphatic heterocycles. The second-order valence-corrected chi connectivity index (χ2v) is 6.10. The number of nitrogen functional groups attached to an aromatic ring is 1. The Balaban J connectivity index is 1.53. The van der Waals surface area contributed by atoms with Gasteiger partial charge in [-0.2, -0.15) is 5.10 Å². The number of hydrogen-bond donors (Lipinski definition) is 1. The van der Waals surface area contributed by atoms with E-state index in [1.54, 1.807) is 16.9 Å². The molecule has 1 atom stereocenters. The minimum Gasteiger partial charge on any atom is -0.384 e. The first-order valence-corrected chi connectivity index (χ1v) is 8.21. The molecule has 0 saturated carbocycles. The highest BCUT2D eigenvalue weighted by Crippen LogP contribution is 2.16. The number of anilines is 1. The first-order valence-electron chi connectivity index (χ1n) is 8.21. The maximum atomic E-state index is 12.5. The summed E-state index contributed by atoms with van der Waals surface area (Å²) in [5.41, 5.74) is 7.58. The molecule has 1 saturated heterocycles. The molecule has 0 radical (unpaired) electrons. The number of pyridine rings is 1. The zero-order valence-corrected chi connectivity index (χ0v) is 13.9. The molecule has 2 aromatic rings. The molecule has 3 rings (SSSR count). The molecular formula is C17H23N5O2.